The average Bonchev–Trinajstić information content (AvgIpc) is 3.03. The van der Waals surface area contributed by atoms with Crippen molar-refractivity contribution in [1.82, 2.24) is 9.97 Å². The lowest BCUT2D eigenvalue weighted by Crippen LogP contribution is -2.29. The molecule has 1 fully saturated rings. The maximum absolute atomic E-state index is 11.4. The summed E-state index contributed by atoms with van der Waals surface area (Å²) >= 11 is 3.30. The summed E-state index contributed by atoms with van der Waals surface area (Å²) in [5.41, 5.74) is -0.109. The van der Waals surface area contributed by atoms with E-state index >= 15 is 0 Å². The average molecular weight is 272 g/mol. The minimum absolute atomic E-state index is 0.109. The topological polar surface area (TPSA) is 49.0 Å². The van der Waals surface area contributed by atoms with Gasteiger partial charge in [0.2, 0.25) is 0 Å². The maximum atomic E-state index is 11.4. The van der Waals surface area contributed by atoms with Gasteiger partial charge >= 0.3 is 0 Å². The Kier molecular flexibility index (Phi) is 3.09. The molecule has 0 saturated heterocycles. The highest BCUT2D eigenvalue weighted by atomic mass is 79.9. The van der Waals surface area contributed by atoms with Crippen molar-refractivity contribution in [2.75, 3.05) is 11.4 Å². The molecule has 82 valence electrons. The zero-order chi connectivity index (χ0) is 10.8. The smallest absolute Gasteiger partial charge is 0.267 e. The van der Waals surface area contributed by atoms with Crippen LogP contribution in [0.1, 0.15) is 26.2 Å². The van der Waals surface area contributed by atoms with Crippen LogP contribution in [0, 0.1) is 0 Å². The van der Waals surface area contributed by atoms with Crippen molar-refractivity contribution in [3.63, 3.8) is 0 Å². The Labute approximate surface area is 96.8 Å². The Morgan fingerprint density at radius 1 is 1.67 bits per heavy atom. The molecule has 0 atom stereocenters. The molecule has 15 heavy (non-hydrogen) atoms. The van der Waals surface area contributed by atoms with Crippen LogP contribution in [0.5, 0.6) is 0 Å². The molecule has 1 aromatic rings. The van der Waals surface area contributed by atoms with Crippen molar-refractivity contribution in [3.05, 3.63) is 21.2 Å². The fraction of sp³-hybridized carbons (Fsp3) is 0.600. The normalized spacial score (nSPS) is 15.3. The zero-order valence-electron chi connectivity index (χ0n) is 8.66. The van der Waals surface area contributed by atoms with Gasteiger partial charge in [0.1, 0.15) is 4.47 Å². The Morgan fingerprint density at radius 3 is 3.00 bits per heavy atom. The molecule has 0 spiro atoms. The van der Waals surface area contributed by atoms with E-state index in [0.717, 1.165) is 18.8 Å². The largest absolute Gasteiger partial charge is 0.352 e. The number of hydrogen-bond acceptors (Lipinski definition) is 3. The molecule has 4 nitrogen and oxygen atoms in total. The third-order valence-corrected chi connectivity index (χ3v) is 3.22. The second kappa shape index (κ2) is 4.35. The second-order valence-electron chi connectivity index (χ2n) is 3.79. The number of aromatic nitrogens is 2. The fourth-order valence-electron chi connectivity index (χ4n) is 1.66. The summed E-state index contributed by atoms with van der Waals surface area (Å²) in [7, 11) is 0. The van der Waals surface area contributed by atoms with Crippen molar-refractivity contribution in [2.24, 2.45) is 0 Å². The third-order valence-electron chi connectivity index (χ3n) is 2.50. The quantitative estimate of drug-likeness (QED) is 0.910. The van der Waals surface area contributed by atoms with E-state index in [-0.39, 0.29) is 5.56 Å². The Hall–Kier alpha value is -0.840. The molecule has 1 saturated carbocycles. The van der Waals surface area contributed by atoms with Crippen molar-refractivity contribution in [2.45, 2.75) is 32.2 Å². The lowest BCUT2D eigenvalue weighted by Gasteiger charge is -2.23. The highest BCUT2D eigenvalue weighted by molar-refractivity contribution is 9.10. The van der Waals surface area contributed by atoms with E-state index in [2.05, 4.69) is 37.7 Å². The van der Waals surface area contributed by atoms with Crippen LogP contribution in [-0.4, -0.2) is 22.6 Å². The summed E-state index contributed by atoms with van der Waals surface area (Å²) in [6, 6.07) is 0.579. The zero-order valence-corrected chi connectivity index (χ0v) is 10.2. The number of rotatable bonds is 4. The van der Waals surface area contributed by atoms with Gasteiger partial charge in [-0.05, 0) is 35.2 Å². The lowest BCUT2D eigenvalue weighted by molar-refractivity contribution is 0.744. The number of aromatic amines is 1. The summed E-state index contributed by atoms with van der Waals surface area (Å²) in [6.07, 6.45) is 4.95. The van der Waals surface area contributed by atoms with E-state index in [1.54, 1.807) is 0 Å². The van der Waals surface area contributed by atoms with E-state index in [9.17, 15) is 4.79 Å². The van der Waals surface area contributed by atoms with Crippen LogP contribution in [-0.2, 0) is 0 Å². The maximum Gasteiger partial charge on any atom is 0.267 e. The summed E-state index contributed by atoms with van der Waals surface area (Å²) in [5, 5.41) is 0. The molecule has 0 aliphatic heterocycles. The van der Waals surface area contributed by atoms with Crippen LogP contribution in [0.3, 0.4) is 0 Å². The standard InChI is InChI=1S/C10H14BrN3O/c1-2-5-14(7-3-4-7)9-8(11)10(15)13-6-12-9/h6-7H,2-5H2,1H3,(H,12,13,15). The summed E-state index contributed by atoms with van der Waals surface area (Å²) in [6.45, 7) is 3.09. The van der Waals surface area contributed by atoms with Crippen LogP contribution >= 0.6 is 15.9 Å². The van der Waals surface area contributed by atoms with Gasteiger partial charge < -0.3 is 9.88 Å². The Bertz CT molecular complexity index is 400. The first-order valence-corrected chi connectivity index (χ1v) is 6.03. The van der Waals surface area contributed by atoms with Gasteiger partial charge in [-0.3, -0.25) is 4.79 Å². The minimum Gasteiger partial charge on any atom is -0.352 e. The molecule has 5 heteroatoms. The molecule has 0 unspecified atom stereocenters. The van der Waals surface area contributed by atoms with Gasteiger partial charge in [-0.15, -0.1) is 0 Å². The van der Waals surface area contributed by atoms with Crippen LogP contribution < -0.4 is 10.5 Å². The van der Waals surface area contributed by atoms with E-state index < -0.39 is 0 Å². The first-order valence-electron chi connectivity index (χ1n) is 5.24. The van der Waals surface area contributed by atoms with Gasteiger partial charge in [-0.1, -0.05) is 6.92 Å². The van der Waals surface area contributed by atoms with E-state index in [1.807, 2.05) is 0 Å². The van der Waals surface area contributed by atoms with Gasteiger partial charge in [0.05, 0.1) is 6.33 Å². The summed E-state index contributed by atoms with van der Waals surface area (Å²) in [5.74, 6) is 0.781. The molecule has 1 N–H and O–H groups in total. The first kappa shape index (κ1) is 10.7. The summed E-state index contributed by atoms with van der Waals surface area (Å²) < 4.78 is 0.547. The van der Waals surface area contributed by atoms with Crippen molar-refractivity contribution in [3.8, 4) is 0 Å². The van der Waals surface area contributed by atoms with Gasteiger partial charge in [-0.2, -0.15) is 0 Å². The summed E-state index contributed by atoms with van der Waals surface area (Å²) in [4.78, 5) is 20.4. The highest BCUT2D eigenvalue weighted by Crippen LogP contribution is 2.32. The minimum atomic E-state index is -0.109. The molecule has 1 aliphatic carbocycles. The van der Waals surface area contributed by atoms with Crippen molar-refractivity contribution >= 4 is 21.7 Å². The second-order valence-corrected chi connectivity index (χ2v) is 4.59. The molecule has 1 aromatic heterocycles. The number of anilines is 1. The predicted octanol–water partition coefficient (Wildman–Crippen LogP) is 1.91. The van der Waals surface area contributed by atoms with E-state index in [0.29, 0.717) is 10.5 Å². The van der Waals surface area contributed by atoms with E-state index in [1.165, 1.54) is 19.2 Å². The molecule has 2 rings (SSSR count). The van der Waals surface area contributed by atoms with Crippen LogP contribution in [0.2, 0.25) is 0 Å². The number of nitrogens with zero attached hydrogens (tertiary/aromatic N) is 2. The predicted molar refractivity (Wildman–Crippen MR) is 63.2 cm³/mol. The number of halogens is 1. The number of nitrogens with one attached hydrogen (secondary N) is 1. The van der Waals surface area contributed by atoms with Crippen LogP contribution in [0.15, 0.2) is 15.6 Å². The van der Waals surface area contributed by atoms with Crippen LogP contribution in [0.25, 0.3) is 0 Å². The lowest BCUT2D eigenvalue weighted by atomic mass is 10.4. The van der Waals surface area contributed by atoms with Gasteiger partial charge in [0.15, 0.2) is 5.82 Å². The van der Waals surface area contributed by atoms with Crippen molar-refractivity contribution < 1.29 is 0 Å². The van der Waals surface area contributed by atoms with Crippen LogP contribution in [0.4, 0.5) is 5.82 Å². The molecule has 0 radical (unpaired) electrons. The van der Waals surface area contributed by atoms with E-state index in [4.69, 9.17) is 0 Å². The van der Waals surface area contributed by atoms with Crippen molar-refractivity contribution in [1.29, 1.82) is 0 Å². The van der Waals surface area contributed by atoms with Gasteiger partial charge in [0, 0.05) is 12.6 Å². The number of hydrogen-bond donors (Lipinski definition) is 1. The molecule has 0 aromatic carbocycles. The molecule has 0 amide bonds. The monoisotopic (exact) mass is 271 g/mol. The molecular formula is C10H14BrN3O. The Morgan fingerprint density at radius 2 is 2.40 bits per heavy atom. The molecule has 0 bridgehead atoms. The molecular weight excluding hydrogens is 258 g/mol. The number of H-pyrrole nitrogens is 1. The highest BCUT2D eigenvalue weighted by Gasteiger charge is 2.30. The third kappa shape index (κ3) is 2.22. The fourth-order valence-corrected chi connectivity index (χ4v) is 2.11. The SMILES string of the molecule is CCCN(c1nc[nH]c(=O)c1Br)C1CC1. The van der Waals surface area contributed by atoms with Gasteiger partial charge in [-0.25, -0.2) is 4.98 Å². The first-order chi connectivity index (χ1) is 7.24. The molecule has 1 aliphatic rings. The molecule has 1 heterocycles. The Balaban J connectivity index is 2.32. The van der Waals surface area contributed by atoms with Gasteiger partial charge in [0.25, 0.3) is 5.56 Å².